The summed E-state index contributed by atoms with van der Waals surface area (Å²) in [5.41, 5.74) is 13.2. The average Bonchev–Trinajstić information content (AvgIpc) is 2.33. The van der Waals surface area contributed by atoms with Crippen LogP contribution in [0.4, 0.5) is 11.4 Å². The van der Waals surface area contributed by atoms with E-state index >= 15 is 0 Å². The first kappa shape index (κ1) is 13.2. The Morgan fingerprint density at radius 3 is 2.83 bits per heavy atom. The van der Waals surface area contributed by atoms with Crippen LogP contribution in [0.1, 0.15) is 0 Å². The maximum Gasteiger partial charge on any atom is 0.158 e. The molecule has 6 heteroatoms. The zero-order valence-corrected chi connectivity index (χ0v) is 11.7. The molecule has 1 aliphatic rings. The van der Waals surface area contributed by atoms with Gasteiger partial charge in [0.25, 0.3) is 0 Å². The molecule has 100 valence electrons. The molecular formula is C12H19N3O2S. The predicted molar refractivity (Wildman–Crippen MR) is 75.5 cm³/mol. The maximum absolute atomic E-state index is 6.04. The van der Waals surface area contributed by atoms with Gasteiger partial charge in [-0.15, -0.1) is 11.8 Å². The lowest BCUT2D eigenvalue weighted by atomic mass is 10.2. The molecular weight excluding hydrogens is 250 g/mol. The standard InChI is InChI=1S/C12H19N3O2S/c1-15(2)5-7-6-18-12-10(14)9(16-3)4-8(13)11(12)17-7/h4,7H,5-6,13-14H2,1-3H3. The second-order valence-electron chi connectivity index (χ2n) is 4.55. The lowest BCUT2D eigenvalue weighted by Crippen LogP contribution is -2.34. The fourth-order valence-corrected chi connectivity index (χ4v) is 3.04. The van der Waals surface area contributed by atoms with E-state index in [4.69, 9.17) is 20.9 Å². The number of nitrogens with zero attached hydrogens (tertiary/aromatic N) is 1. The quantitative estimate of drug-likeness (QED) is 0.805. The number of ether oxygens (including phenoxy) is 2. The van der Waals surface area contributed by atoms with E-state index in [-0.39, 0.29) is 6.10 Å². The number of likely N-dealkylation sites (N-methyl/N-ethyl adjacent to an activating group) is 1. The number of thioether (sulfide) groups is 1. The highest BCUT2D eigenvalue weighted by molar-refractivity contribution is 7.99. The van der Waals surface area contributed by atoms with Crippen molar-refractivity contribution in [2.45, 2.75) is 11.0 Å². The molecule has 0 amide bonds. The molecule has 18 heavy (non-hydrogen) atoms. The van der Waals surface area contributed by atoms with Gasteiger partial charge in [0.1, 0.15) is 11.9 Å². The van der Waals surface area contributed by atoms with Crippen LogP contribution < -0.4 is 20.9 Å². The fourth-order valence-electron chi connectivity index (χ4n) is 1.96. The second kappa shape index (κ2) is 5.16. The van der Waals surface area contributed by atoms with Crippen LogP contribution in [0.2, 0.25) is 0 Å². The molecule has 0 radical (unpaired) electrons. The SMILES string of the molecule is COc1cc(N)c2c(c1N)SCC(CN(C)C)O2. The number of fused-ring (bicyclic) bond motifs is 1. The first-order chi connectivity index (χ1) is 8.52. The van der Waals surface area contributed by atoms with E-state index in [1.165, 1.54) is 0 Å². The van der Waals surface area contributed by atoms with Gasteiger partial charge in [-0.05, 0) is 14.1 Å². The summed E-state index contributed by atoms with van der Waals surface area (Å²) in [4.78, 5) is 2.99. The molecule has 1 heterocycles. The maximum atomic E-state index is 6.04. The summed E-state index contributed by atoms with van der Waals surface area (Å²) in [6, 6.07) is 1.72. The van der Waals surface area contributed by atoms with E-state index in [0.717, 1.165) is 17.2 Å². The van der Waals surface area contributed by atoms with Crippen molar-refractivity contribution in [1.29, 1.82) is 0 Å². The molecule has 1 unspecified atom stereocenters. The van der Waals surface area contributed by atoms with Gasteiger partial charge in [0.2, 0.25) is 0 Å². The number of hydrogen-bond acceptors (Lipinski definition) is 6. The van der Waals surface area contributed by atoms with Crippen LogP contribution in [0, 0.1) is 0 Å². The van der Waals surface area contributed by atoms with Crippen molar-refractivity contribution >= 4 is 23.1 Å². The summed E-state index contributed by atoms with van der Waals surface area (Å²) < 4.78 is 11.1. The van der Waals surface area contributed by atoms with Gasteiger partial charge >= 0.3 is 0 Å². The number of anilines is 2. The highest BCUT2D eigenvalue weighted by Crippen LogP contribution is 2.47. The molecule has 2 rings (SSSR count). The molecule has 1 atom stereocenters. The molecule has 0 spiro atoms. The third-order valence-electron chi connectivity index (χ3n) is 2.75. The Balaban J connectivity index is 2.30. The van der Waals surface area contributed by atoms with Crippen molar-refractivity contribution in [2.24, 2.45) is 0 Å². The summed E-state index contributed by atoms with van der Waals surface area (Å²) in [6.07, 6.45) is 0.132. The van der Waals surface area contributed by atoms with Crippen LogP contribution in [0.3, 0.4) is 0 Å². The Labute approximate surface area is 111 Å². The topological polar surface area (TPSA) is 73.7 Å². The van der Waals surface area contributed by atoms with Crippen LogP contribution >= 0.6 is 11.8 Å². The van der Waals surface area contributed by atoms with E-state index in [0.29, 0.717) is 22.9 Å². The van der Waals surface area contributed by atoms with Gasteiger partial charge in [0.05, 0.1) is 23.4 Å². The van der Waals surface area contributed by atoms with Gasteiger partial charge in [0, 0.05) is 18.4 Å². The Hall–Kier alpha value is -1.27. The minimum Gasteiger partial charge on any atom is -0.494 e. The summed E-state index contributed by atoms with van der Waals surface area (Å²) >= 11 is 1.67. The van der Waals surface area contributed by atoms with Gasteiger partial charge in [-0.25, -0.2) is 0 Å². The van der Waals surface area contributed by atoms with Crippen LogP contribution in [-0.4, -0.2) is 44.5 Å². The first-order valence-corrected chi connectivity index (χ1v) is 6.71. The van der Waals surface area contributed by atoms with Crippen molar-refractivity contribution in [3.63, 3.8) is 0 Å². The molecule has 0 bridgehead atoms. The third-order valence-corrected chi connectivity index (χ3v) is 3.98. The highest BCUT2D eigenvalue weighted by Gasteiger charge is 2.26. The first-order valence-electron chi connectivity index (χ1n) is 5.73. The molecule has 4 N–H and O–H groups in total. The fraction of sp³-hybridized carbons (Fsp3) is 0.500. The largest absolute Gasteiger partial charge is 0.494 e. The Morgan fingerprint density at radius 1 is 1.50 bits per heavy atom. The van der Waals surface area contributed by atoms with E-state index in [1.54, 1.807) is 24.9 Å². The number of benzene rings is 1. The van der Waals surface area contributed by atoms with E-state index < -0.39 is 0 Å². The molecule has 1 aromatic carbocycles. The average molecular weight is 269 g/mol. The Morgan fingerprint density at radius 2 is 2.22 bits per heavy atom. The van der Waals surface area contributed by atoms with Crippen LogP contribution in [0.25, 0.3) is 0 Å². The lowest BCUT2D eigenvalue weighted by molar-refractivity contribution is 0.174. The van der Waals surface area contributed by atoms with Crippen molar-refractivity contribution < 1.29 is 9.47 Å². The predicted octanol–water partition coefficient (Wildman–Crippen LogP) is 1.27. The minimum absolute atomic E-state index is 0.132. The van der Waals surface area contributed by atoms with Crippen LogP contribution in [0.15, 0.2) is 11.0 Å². The second-order valence-corrected chi connectivity index (χ2v) is 5.58. The summed E-state index contributed by atoms with van der Waals surface area (Å²) in [6.45, 7) is 0.859. The number of rotatable bonds is 3. The lowest BCUT2D eigenvalue weighted by Gasteiger charge is -2.29. The summed E-state index contributed by atoms with van der Waals surface area (Å²) in [7, 11) is 5.63. The molecule has 0 saturated carbocycles. The van der Waals surface area contributed by atoms with E-state index in [9.17, 15) is 0 Å². The van der Waals surface area contributed by atoms with E-state index in [2.05, 4.69) is 4.90 Å². The molecule has 0 aliphatic carbocycles. The van der Waals surface area contributed by atoms with Crippen molar-refractivity contribution in [3.05, 3.63) is 6.07 Å². The van der Waals surface area contributed by atoms with Gasteiger partial charge < -0.3 is 25.8 Å². The van der Waals surface area contributed by atoms with Gasteiger partial charge in [-0.3, -0.25) is 0 Å². The molecule has 1 aliphatic heterocycles. The number of hydrogen-bond donors (Lipinski definition) is 2. The van der Waals surface area contributed by atoms with E-state index in [1.807, 2.05) is 14.1 Å². The minimum atomic E-state index is 0.132. The molecule has 1 aromatic rings. The number of methoxy groups -OCH3 is 1. The molecule has 5 nitrogen and oxygen atoms in total. The normalized spacial score (nSPS) is 18.3. The zero-order chi connectivity index (χ0) is 13.3. The smallest absolute Gasteiger partial charge is 0.158 e. The summed E-state index contributed by atoms with van der Waals surface area (Å²) in [5.74, 6) is 2.16. The van der Waals surface area contributed by atoms with Gasteiger partial charge in [0.15, 0.2) is 5.75 Å². The molecule has 0 aromatic heterocycles. The van der Waals surface area contributed by atoms with Gasteiger partial charge in [-0.1, -0.05) is 0 Å². The molecule has 0 fully saturated rings. The van der Waals surface area contributed by atoms with Crippen molar-refractivity contribution in [3.8, 4) is 11.5 Å². The Bertz CT molecular complexity index is 451. The van der Waals surface area contributed by atoms with Crippen molar-refractivity contribution in [2.75, 3.05) is 45.0 Å². The molecule has 0 saturated heterocycles. The summed E-state index contributed by atoms with van der Waals surface area (Å²) in [5, 5.41) is 0. The number of nitrogens with two attached hydrogens (primary N) is 2. The number of nitrogen functional groups attached to an aromatic ring is 2. The van der Waals surface area contributed by atoms with Gasteiger partial charge in [-0.2, -0.15) is 0 Å². The van der Waals surface area contributed by atoms with Crippen molar-refractivity contribution in [1.82, 2.24) is 4.90 Å². The third kappa shape index (κ3) is 2.44. The van der Waals surface area contributed by atoms with Crippen LogP contribution in [0.5, 0.6) is 11.5 Å². The monoisotopic (exact) mass is 269 g/mol. The zero-order valence-electron chi connectivity index (χ0n) is 10.9. The highest BCUT2D eigenvalue weighted by atomic mass is 32.2. The Kier molecular flexibility index (Phi) is 3.77. The van der Waals surface area contributed by atoms with Crippen LogP contribution in [-0.2, 0) is 0 Å².